The first-order chi connectivity index (χ1) is 26.7. The van der Waals surface area contributed by atoms with Gasteiger partial charge < -0.3 is 8.83 Å². The van der Waals surface area contributed by atoms with Gasteiger partial charge in [-0.3, -0.25) is 0 Å². The summed E-state index contributed by atoms with van der Waals surface area (Å²) in [7, 11) is 0. The molecule has 7 aromatic carbocycles. The van der Waals surface area contributed by atoms with E-state index in [1.807, 2.05) is 78.9 Å². The number of fused-ring (bicyclic) bond motifs is 7. The summed E-state index contributed by atoms with van der Waals surface area (Å²) in [6, 6.07) is 31.7. The van der Waals surface area contributed by atoms with Crippen LogP contribution in [0.15, 0.2) is 160 Å². The normalized spacial score (nSPS) is 13.8. The summed E-state index contributed by atoms with van der Waals surface area (Å²) in [4.78, 5) is 14.6. The van der Waals surface area contributed by atoms with Gasteiger partial charge >= 0.3 is 0 Å². The van der Waals surface area contributed by atoms with Crippen LogP contribution in [0.1, 0.15) is 9.60 Å². The van der Waals surface area contributed by atoms with E-state index in [4.69, 9.17) is 33.4 Å². The van der Waals surface area contributed by atoms with Crippen LogP contribution in [0.5, 0.6) is 0 Å². The summed E-state index contributed by atoms with van der Waals surface area (Å²) < 4.78 is 72.5. The second-order valence-electron chi connectivity index (χ2n) is 11.4. The molecule has 0 aliphatic carbocycles. The highest BCUT2D eigenvalue weighted by Gasteiger charge is 2.20. The summed E-state index contributed by atoms with van der Waals surface area (Å²) in [6.07, 6.45) is 0. The van der Waals surface area contributed by atoms with Crippen molar-refractivity contribution < 1.29 is 18.4 Å². The van der Waals surface area contributed by atoms with Gasteiger partial charge in [0.25, 0.3) is 0 Å². The van der Waals surface area contributed by atoms with E-state index < -0.39 is 30.2 Å². The average Bonchev–Trinajstić information content (AvgIpc) is 3.77. The predicted molar refractivity (Wildman–Crippen MR) is 194 cm³/mol. The van der Waals surface area contributed by atoms with Crippen molar-refractivity contribution >= 4 is 54.6 Å². The molecular formula is C43H25N3O2. The van der Waals surface area contributed by atoms with Crippen molar-refractivity contribution in [3.8, 4) is 45.3 Å². The Kier molecular flexibility index (Phi) is 4.48. The van der Waals surface area contributed by atoms with Gasteiger partial charge in [0.2, 0.25) is 0 Å². The van der Waals surface area contributed by atoms with E-state index in [-0.39, 0.29) is 29.1 Å². The number of rotatable bonds is 4. The predicted octanol–water partition coefficient (Wildman–Crippen LogP) is 11.5. The highest BCUT2D eigenvalue weighted by molar-refractivity contribution is 6.16. The van der Waals surface area contributed by atoms with Crippen LogP contribution in [0.2, 0.25) is 0 Å². The van der Waals surface area contributed by atoms with E-state index in [0.29, 0.717) is 45.1 Å². The lowest BCUT2D eigenvalue weighted by Crippen LogP contribution is -2.01. The molecule has 0 aliphatic heterocycles. The molecule has 0 spiro atoms. The minimum atomic E-state index is -0.519. The maximum Gasteiger partial charge on any atom is 0.167 e. The van der Waals surface area contributed by atoms with Crippen LogP contribution in [-0.2, 0) is 0 Å². The van der Waals surface area contributed by atoms with Gasteiger partial charge in [0, 0.05) is 32.7 Å². The molecule has 224 valence electrons. The number of aromatic nitrogens is 3. The Bertz CT molecular complexity index is 3240. The molecular weight excluding hydrogens is 590 g/mol. The monoisotopic (exact) mass is 622 g/mol. The fourth-order valence-electron chi connectivity index (χ4n) is 6.59. The Morgan fingerprint density at radius 1 is 0.396 bits per heavy atom. The van der Waals surface area contributed by atoms with E-state index in [1.165, 1.54) is 0 Å². The van der Waals surface area contributed by atoms with E-state index in [2.05, 4.69) is 0 Å². The van der Waals surface area contributed by atoms with Gasteiger partial charge in [-0.2, -0.15) is 0 Å². The third-order valence-electron chi connectivity index (χ3n) is 8.71. The standard InChI is InChI=1S/C43H25N3O2/c1-2-12-26(13-3-1)41-44-42(46-43(45-41)35-20-10-19-32-30-16-6-8-21-36(30)48-40(32)35)33-25-24-29(27-14-4-5-15-28(27)33)31-18-11-23-38-39(31)34-17-7-9-22-37(34)47-38/h1-25H/i1D,2D,3D,7D,12D,13D,18D. The van der Waals surface area contributed by atoms with Crippen LogP contribution in [0.4, 0.5) is 0 Å². The molecule has 10 aromatic rings. The van der Waals surface area contributed by atoms with Crippen LogP contribution >= 0.6 is 0 Å². The Labute approximate surface area is 284 Å². The van der Waals surface area contributed by atoms with Gasteiger partial charge in [0.15, 0.2) is 17.5 Å². The lowest BCUT2D eigenvalue weighted by Gasteiger charge is -2.14. The molecule has 10 rings (SSSR count). The van der Waals surface area contributed by atoms with Crippen molar-refractivity contribution in [2.45, 2.75) is 0 Å². The van der Waals surface area contributed by atoms with Gasteiger partial charge in [-0.15, -0.1) is 0 Å². The van der Waals surface area contributed by atoms with Gasteiger partial charge in [0.1, 0.15) is 22.3 Å². The fraction of sp³-hybridized carbons (Fsp3) is 0. The minimum absolute atomic E-state index is 0.0902. The molecule has 5 nitrogen and oxygen atoms in total. The zero-order valence-corrected chi connectivity index (χ0v) is 25.1. The zero-order valence-electron chi connectivity index (χ0n) is 32.1. The SMILES string of the molecule is [2H]c1ccc2oc3ccc([2H])c(-c4ccc(-c5nc(-c6c([2H])c([2H])c([2H])c([2H])c6[2H])nc(-c6cccc7c6oc6ccccc67)n5)c5ccccc45)c3c2c1. The second-order valence-corrected chi connectivity index (χ2v) is 11.4. The van der Waals surface area contributed by atoms with Crippen molar-refractivity contribution in [2.24, 2.45) is 0 Å². The summed E-state index contributed by atoms with van der Waals surface area (Å²) in [5.74, 6) is 0.311. The lowest BCUT2D eigenvalue weighted by molar-refractivity contribution is 0.669. The van der Waals surface area contributed by atoms with Gasteiger partial charge in [-0.1, -0.05) is 121 Å². The molecule has 0 saturated heterocycles. The molecule has 0 atom stereocenters. The fourth-order valence-corrected chi connectivity index (χ4v) is 6.59. The molecule has 0 radical (unpaired) electrons. The summed E-state index contributed by atoms with van der Waals surface area (Å²) in [6.45, 7) is 0. The third kappa shape index (κ3) is 4.08. The first-order valence-corrected chi connectivity index (χ1v) is 15.4. The number of nitrogens with zero attached hydrogens (tertiary/aromatic N) is 3. The van der Waals surface area contributed by atoms with E-state index in [1.54, 1.807) is 30.3 Å². The van der Waals surface area contributed by atoms with Crippen molar-refractivity contribution in [3.63, 3.8) is 0 Å². The number of para-hydroxylation sites is 3. The summed E-state index contributed by atoms with van der Waals surface area (Å²) in [5, 5.41) is 4.77. The van der Waals surface area contributed by atoms with Gasteiger partial charge in [-0.05, 0) is 52.2 Å². The molecule has 0 bridgehead atoms. The summed E-state index contributed by atoms with van der Waals surface area (Å²) in [5.41, 5.74) is 4.83. The van der Waals surface area contributed by atoms with Crippen molar-refractivity contribution in [1.29, 1.82) is 0 Å². The topological polar surface area (TPSA) is 65.0 Å². The van der Waals surface area contributed by atoms with Crippen LogP contribution in [0, 0.1) is 0 Å². The molecule has 5 heteroatoms. The Hall–Kier alpha value is -6.59. The largest absolute Gasteiger partial charge is 0.456 e. The third-order valence-corrected chi connectivity index (χ3v) is 8.71. The Balaban J connectivity index is 1.26. The van der Waals surface area contributed by atoms with Crippen molar-refractivity contribution in [1.82, 2.24) is 15.0 Å². The molecule has 3 aromatic heterocycles. The van der Waals surface area contributed by atoms with Crippen LogP contribution in [0.3, 0.4) is 0 Å². The van der Waals surface area contributed by atoms with Crippen molar-refractivity contribution in [3.05, 3.63) is 151 Å². The highest BCUT2D eigenvalue weighted by Crippen LogP contribution is 2.42. The Morgan fingerprint density at radius 2 is 1.06 bits per heavy atom. The number of hydrogen-bond acceptors (Lipinski definition) is 5. The van der Waals surface area contributed by atoms with Gasteiger partial charge in [-0.25, -0.2) is 15.0 Å². The smallest absolute Gasteiger partial charge is 0.167 e. The van der Waals surface area contributed by atoms with E-state index in [9.17, 15) is 0 Å². The van der Waals surface area contributed by atoms with Crippen molar-refractivity contribution in [2.75, 3.05) is 0 Å². The van der Waals surface area contributed by atoms with E-state index >= 15 is 0 Å². The van der Waals surface area contributed by atoms with Gasteiger partial charge in [0.05, 0.1) is 15.2 Å². The molecule has 0 fully saturated rings. The maximum absolute atomic E-state index is 9.08. The number of hydrogen-bond donors (Lipinski definition) is 0. The summed E-state index contributed by atoms with van der Waals surface area (Å²) >= 11 is 0. The molecule has 0 amide bonds. The first kappa shape index (κ1) is 20.5. The average molecular weight is 623 g/mol. The number of furan rings is 2. The second kappa shape index (κ2) is 10.5. The molecule has 48 heavy (non-hydrogen) atoms. The zero-order chi connectivity index (χ0) is 37.7. The molecule has 3 heterocycles. The minimum Gasteiger partial charge on any atom is -0.456 e. The molecule has 0 saturated carbocycles. The van der Waals surface area contributed by atoms with E-state index in [0.717, 1.165) is 37.9 Å². The quantitative estimate of drug-likeness (QED) is 0.195. The maximum atomic E-state index is 9.08. The molecule has 0 unspecified atom stereocenters. The van der Waals surface area contributed by atoms with Crippen LogP contribution in [-0.4, -0.2) is 15.0 Å². The van der Waals surface area contributed by atoms with Crippen LogP contribution < -0.4 is 0 Å². The highest BCUT2D eigenvalue weighted by atomic mass is 16.3. The molecule has 0 N–H and O–H groups in total. The molecule has 0 aliphatic rings. The van der Waals surface area contributed by atoms with Crippen LogP contribution in [0.25, 0.3) is 99.9 Å². The Morgan fingerprint density at radius 3 is 1.94 bits per heavy atom. The number of benzene rings is 7. The lowest BCUT2D eigenvalue weighted by atomic mass is 9.92. The first-order valence-electron chi connectivity index (χ1n) is 18.9.